The number of benzene rings is 1. The third kappa shape index (κ3) is 3.73. The third-order valence-electron chi connectivity index (χ3n) is 6.76. The predicted molar refractivity (Wildman–Crippen MR) is 106 cm³/mol. The summed E-state index contributed by atoms with van der Waals surface area (Å²) in [6, 6.07) is 9.84. The molecule has 1 aliphatic heterocycles. The van der Waals surface area contributed by atoms with Crippen molar-refractivity contribution in [3.05, 3.63) is 34.3 Å². The topological polar surface area (TPSA) is 6.48 Å². The van der Waals surface area contributed by atoms with Crippen molar-refractivity contribution in [3.63, 3.8) is 0 Å². The van der Waals surface area contributed by atoms with E-state index in [0.29, 0.717) is 0 Å². The monoisotopic (exact) mass is 392 g/mol. The number of likely N-dealkylation sites (tertiary alicyclic amines) is 1. The van der Waals surface area contributed by atoms with Crippen molar-refractivity contribution >= 4 is 15.9 Å². The van der Waals surface area contributed by atoms with Crippen molar-refractivity contribution < 1.29 is 0 Å². The van der Waals surface area contributed by atoms with E-state index >= 15 is 0 Å². The van der Waals surface area contributed by atoms with E-state index in [9.17, 15) is 0 Å². The first-order valence-corrected chi connectivity index (χ1v) is 10.5. The second-order valence-corrected chi connectivity index (χ2v) is 8.97. The molecule has 1 aromatic carbocycles. The third-order valence-corrected chi connectivity index (χ3v) is 7.29. The smallest absolute Gasteiger partial charge is 0.0455 e. The highest BCUT2D eigenvalue weighted by atomic mass is 79.9. The molecule has 3 heteroatoms. The highest BCUT2D eigenvalue weighted by Crippen LogP contribution is 2.43. The van der Waals surface area contributed by atoms with Crippen LogP contribution >= 0.6 is 15.9 Å². The van der Waals surface area contributed by atoms with Gasteiger partial charge >= 0.3 is 0 Å². The average Bonchev–Trinajstić information content (AvgIpc) is 2.62. The zero-order valence-corrected chi connectivity index (χ0v) is 17.2. The minimum absolute atomic E-state index is 0.221. The first kappa shape index (κ1) is 18.4. The van der Waals surface area contributed by atoms with Crippen molar-refractivity contribution in [3.8, 4) is 0 Å². The fraction of sp³-hybridized carbons (Fsp3) is 0.714. The Hall–Kier alpha value is -0.380. The lowest BCUT2D eigenvalue weighted by atomic mass is 9.73. The molecule has 2 aliphatic rings. The van der Waals surface area contributed by atoms with Crippen LogP contribution in [0.15, 0.2) is 28.7 Å². The highest BCUT2D eigenvalue weighted by molar-refractivity contribution is 9.10. The Labute approximate surface area is 156 Å². The van der Waals surface area contributed by atoms with Crippen LogP contribution in [0.5, 0.6) is 0 Å². The van der Waals surface area contributed by atoms with Gasteiger partial charge in [0.15, 0.2) is 0 Å². The molecule has 0 unspecified atom stereocenters. The summed E-state index contributed by atoms with van der Waals surface area (Å²) < 4.78 is 1.17. The summed E-state index contributed by atoms with van der Waals surface area (Å²) in [5, 5.41) is 0. The lowest BCUT2D eigenvalue weighted by Crippen LogP contribution is -2.50. The first-order chi connectivity index (χ1) is 11.5. The van der Waals surface area contributed by atoms with Gasteiger partial charge in [-0.1, -0.05) is 41.4 Å². The van der Waals surface area contributed by atoms with Crippen molar-refractivity contribution in [2.75, 3.05) is 27.2 Å². The summed E-state index contributed by atoms with van der Waals surface area (Å²) in [5.41, 5.74) is 1.71. The molecule has 2 fully saturated rings. The number of halogens is 1. The summed E-state index contributed by atoms with van der Waals surface area (Å²) in [6.45, 7) is 5.01. The molecule has 0 amide bonds. The van der Waals surface area contributed by atoms with E-state index < -0.39 is 0 Å². The molecule has 1 saturated heterocycles. The molecule has 1 aliphatic carbocycles. The van der Waals surface area contributed by atoms with E-state index in [1.54, 1.807) is 0 Å². The van der Waals surface area contributed by atoms with Crippen LogP contribution in [0.3, 0.4) is 0 Å². The summed E-state index contributed by atoms with van der Waals surface area (Å²) >= 11 is 3.58. The maximum absolute atomic E-state index is 3.58. The summed E-state index contributed by atoms with van der Waals surface area (Å²) in [4.78, 5) is 5.27. The Kier molecular flexibility index (Phi) is 6.05. The Balaban J connectivity index is 1.66. The van der Waals surface area contributed by atoms with Crippen LogP contribution in [0.25, 0.3) is 0 Å². The van der Waals surface area contributed by atoms with Gasteiger partial charge in [0.25, 0.3) is 0 Å². The van der Waals surface area contributed by atoms with Gasteiger partial charge in [0, 0.05) is 16.1 Å². The summed E-state index contributed by atoms with van der Waals surface area (Å²) in [6.07, 6.45) is 9.43. The van der Waals surface area contributed by atoms with Gasteiger partial charge in [0.05, 0.1) is 0 Å². The summed E-state index contributed by atoms with van der Waals surface area (Å²) in [7, 11) is 4.52. The number of piperidine rings is 1. The van der Waals surface area contributed by atoms with Crippen LogP contribution in [-0.4, -0.2) is 43.0 Å². The lowest BCUT2D eigenvalue weighted by Gasteiger charge is -2.48. The second-order valence-electron chi connectivity index (χ2n) is 8.05. The molecule has 1 heterocycles. The summed E-state index contributed by atoms with van der Waals surface area (Å²) in [5.74, 6) is 0.980. The maximum Gasteiger partial charge on any atom is 0.0455 e. The molecule has 1 saturated carbocycles. The van der Waals surface area contributed by atoms with Gasteiger partial charge in [-0.3, -0.25) is 4.90 Å². The van der Waals surface area contributed by atoms with Gasteiger partial charge in [-0.2, -0.15) is 0 Å². The molecular weight excluding hydrogens is 360 g/mol. The molecule has 1 aromatic rings. The highest BCUT2D eigenvalue weighted by Gasteiger charge is 2.40. The van der Waals surface area contributed by atoms with Gasteiger partial charge in [0.1, 0.15) is 0 Å². The van der Waals surface area contributed by atoms with E-state index in [0.717, 1.165) is 12.0 Å². The Morgan fingerprint density at radius 3 is 2.12 bits per heavy atom. The fourth-order valence-electron chi connectivity index (χ4n) is 4.93. The molecule has 24 heavy (non-hydrogen) atoms. The van der Waals surface area contributed by atoms with Crippen LogP contribution in [0, 0.1) is 5.92 Å². The fourth-order valence-corrected chi connectivity index (χ4v) is 5.19. The molecule has 0 radical (unpaired) electrons. The van der Waals surface area contributed by atoms with E-state index in [1.807, 2.05) is 0 Å². The molecule has 0 atom stereocenters. The normalized spacial score (nSPS) is 30.0. The van der Waals surface area contributed by atoms with Crippen LogP contribution in [0.2, 0.25) is 0 Å². The van der Waals surface area contributed by atoms with Crippen molar-refractivity contribution in [1.82, 2.24) is 9.80 Å². The van der Waals surface area contributed by atoms with E-state index in [4.69, 9.17) is 0 Å². The number of nitrogens with zero attached hydrogens (tertiary/aromatic N) is 2. The minimum atomic E-state index is 0.221. The second kappa shape index (κ2) is 7.88. The van der Waals surface area contributed by atoms with Crippen LogP contribution in [0.1, 0.15) is 57.4 Å². The van der Waals surface area contributed by atoms with Gasteiger partial charge in [-0.05, 0) is 89.3 Å². The van der Waals surface area contributed by atoms with Gasteiger partial charge in [-0.15, -0.1) is 0 Å². The van der Waals surface area contributed by atoms with Crippen LogP contribution in [-0.2, 0) is 5.54 Å². The molecule has 0 bridgehead atoms. The van der Waals surface area contributed by atoms with Gasteiger partial charge in [0.2, 0.25) is 0 Å². The quantitative estimate of drug-likeness (QED) is 0.688. The maximum atomic E-state index is 3.58. The molecule has 3 rings (SSSR count). The van der Waals surface area contributed by atoms with Crippen molar-refractivity contribution in [2.24, 2.45) is 5.92 Å². The largest absolute Gasteiger partial charge is 0.300 e. The standard InChI is InChI=1S/C21H33BrN2/c1-4-17-11-15-24(16-12-17)20-9-13-21(14-10-20,23(2)3)18-5-7-19(22)8-6-18/h5-8,17,20H,4,9-16H2,1-3H3. The van der Waals surface area contributed by atoms with E-state index in [2.05, 4.69) is 71.0 Å². The molecule has 0 aromatic heterocycles. The van der Waals surface area contributed by atoms with Gasteiger partial charge < -0.3 is 4.90 Å². The van der Waals surface area contributed by atoms with Crippen molar-refractivity contribution in [1.29, 1.82) is 0 Å². The van der Waals surface area contributed by atoms with Crippen molar-refractivity contribution in [2.45, 2.75) is 63.5 Å². The predicted octanol–water partition coefficient (Wildman–Crippen LogP) is 5.27. The molecule has 134 valence electrons. The van der Waals surface area contributed by atoms with E-state index in [1.165, 1.54) is 68.1 Å². The Bertz CT molecular complexity index is 509. The van der Waals surface area contributed by atoms with Crippen LogP contribution < -0.4 is 0 Å². The number of hydrogen-bond acceptors (Lipinski definition) is 2. The average molecular weight is 393 g/mol. The number of hydrogen-bond donors (Lipinski definition) is 0. The Morgan fingerprint density at radius 1 is 1.04 bits per heavy atom. The van der Waals surface area contributed by atoms with E-state index in [-0.39, 0.29) is 5.54 Å². The minimum Gasteiger partial charge on any atom is -0.300 e. The lowest BCUT2D eigenvalue weighted by molar-refractivity contribution is 0.0354. The Morgan fingerprint density at radius 2 is 1.62 bits per heavy atom. The van der Waals surface area contributed by atoms with Gasteiger partial charge in [-0.25, -0.2) is 0 Å². The first-order valence-electron chi connectivity index (χ1n) is 9.72. The SMILES string of the molecule is CCC1CCN(C2CCC(c3ccc(Br)cc3)(N(C)C)CC2)CC1. The zero-order valence-electron chi connectivity index (χ0n) is 15.6. The number of rotatable bonds is 4. The molecule has 2 nitrogen and oxygen atoms in total. The molecule has 0 N–H and O–H groups in total. The molecular formula is C21H33BrN2. The molecule has 0 spiro atoms. The van der Waals surface area contributed by atoms with Crippen LogP contribution in [0.4, 0.5) is 0 Å². The zero-order chi connectivity index (χ0) is 17.2.